The highest BCUT2D eigenvalue weighted by molar-refractivity contribution is 4.73. The van der Waals surface area contributed by atoms with Gasteiger partial charge >= 0.3 is 0 Å². The maximum Gasteiger partial charge on any atom is 0.0619 e. The lowest BCUT2D eigenvalue weighted by molar-refractivity contribution is 0.108. The fraction of sp³-hybridized carbons (Fsp3) is 1.00. The highest BCUT2D eigenvalue weighted by Crippen LogP contribution is 2.20. The van der Waals surface area contributed by atoms with E-state index in [0.717, 1.165) is 19.8 Å². The molecule has 0 aromatic carbocycles. The summed E-state index contributed by atoms with van der Waals surface area (Å²) in [4.78, 5) is 0. The van der Waals surface area contributed by atoms with Gasteiger partial charge in [0.25, 0.3) is 0 Å². The Morgan fingerprint density at radius 3 is 2.23 bits per heavy atom. The molecule has 0 aromatic rings. The lowest BCUT2D eigenvalue weighted by atomic mass is 9.88. The Balaban J connectivity index is 3.79. The summed E-state index contributed by atoms with van der Waals surface area (Å²) < 4.78 is 5.43. The monoisotopic (exact) mass is 187 g/mol. The third kappa shape index (κ3) is 8.26. The van der Waals surface area contributed by atoms with Crippen molar-refractivity contribution in [1.82, 2.24) is 5.32 Å². The molecule has 2 nitrogen and oxygen atoms in total. The van der Waals surface area contributed by atoms with E-state index in [1.807, 2.05) is 6.92 Å². The Bertz CT molecular complexity index is 118. The SMILES string of the molecule is CCNC(COCC)CC(C)(C)C. The molecule has 2 heteroatoms. The second kappa shape index (κ2) is 6.39. The van der Waals surface area contributed by atoms with Crippen LogP contribution in [-0.4, -0.2) is 25.8 Å². The molecule has 0 aromatic heterocycles. The minimum absolute atomic E-state index is 0.379. The molecule has 0 saturated heterocycles. The lowest BCUT2D eigenvalue weighted by Gasteiger charge is -2.26. The Morgan fingerprint density at radius 2 is 1.85 bits per heavy atom. The van der Waals surface area contributed by atoms with Crippen LogP contribution in [0.4, 0.5) is 0 Å². The first-order valence-corrected chi connectivity index (χ1v) is 5.30. The number of likely N-dealkylation sites (N-methyl/N-ethyl adjacent to an activating group) is 1. The molecule has 1 N–H and O–H groups in total. The van der Waals surface area contributed by atoms with Crippen molar-refractivity contribution in [2.45, 2.75) is 47.1 Å². The van der Waals surface area contributed by atoms with Crippen LogP contribution in [0.3, 0.4) is 0 Å². The largest absolute Gasteiger partial charge is 0.380 e. The number of rotatable bonds is 6. The van der Waals surface area contributed by atoms with Crippen LogP contribution in [0.15, 0.2) is 0 Å². The van der Waals surface area contributed by atoms with E-state index in [1.165, 1.54) is 6.42 Å². The highest BCUT2D eigenvalue weighted by Gasteiger charge is 2.17. The molecule has 0 radical (unpaired) electrons. The normalized spacial score (nSPS) is 14.5. The van der Waals surface area contributed by atoms with Gasteiger partial charge in [0.1, 0.15) is 0 Å². The minimum Gasteiger partial charge on any atom is -0.380 e. The van der Waals surface area contributed by atoms with E-state index >= 15 is 0 Å². The summed E-state index contributed by atoms with van der Waals surface area (Å²) in [6.45, 7) is 13.7. The molecule has 0 rings (SSSR count). The molecule has 0 aliphatic rings. The molecule has 0 aliphatic carbocycles. The van der Waals surface area contributed by atoms with Crippen molar-refractivity contribution in [2.24, 2.45) is 5.41 Å². The summed E-state index contributed by atoms with van der Waals surface area (Å²) >= 11 is 0. The van der Waals surface area contributed by atoms with E-state index in [-0.39, 0.29) is 0 Å². The first-order chi connectivity index (χ1) is 5.99. The van der Waals surface area contributed by atoms with E-state index in [2.05, 4.69) is 33.0 Å². The predicted molar refractivity (Wildman–Crippen MR) is 58.0 cm³/mol. The maximum absolute atomic E-state index is 5.43. The smallest absolute Gasteiger partial charge is 0.0619 e. The van der Waals surface area contributed by atoms with Gasteiger partial charge in [-0.05, 0) is 25.3 Å². The van der Waals surface area contributed by atoms with Gasteiger partial charge in [-0.1, -0.05) is 27.7 Å². The van der Waals surface area contributed by atoms with E-state index in [0.29, 0.717) is 11.5 Å². The Labute approximate surface area is 83.1 Å². The molecule has 1 unspecified atom stereocenters. The van der Waals surface area contributed by atoms with Gasteiger partial charge in [-0.25, -0.2) is 0 Å². The van der Waals surface area contributed by atoms with Gasteiger partial charge in [-0.3, -0.25) is 0 Å². The van der Waals surface area contributed by atoms with Crippen molar-refractivity contribution in [2.75, 3.05) is 19.8 Å². The maximum atomic E-state index is 5.43. The average molecular weight is 187 g/mol. The zero-order chi connectivity index (χ0) is 10.3. The van der Waals surface area contributed by atoms with Crippen molar-refractivity contribution in [3.63, 3.8) is 0 Å². The van der Waals surface area contributed by atoms with Gasteiger partial charge in [0.05, 0.1) is 6.61 Å². The molecule has 0 bridgehead atoms. The molecule has 0 spiro atoms. The van der Waals surface area contributed by atoms with Crippen molar-refractivity contribution >= 4 is 0 Å². The standard InChI is InChI=1S/C11H25NO/c1-6-12-10(9-13-7-2)8-11(3,4)5/h10,12H,6-9H2,1-5H3. The third-order valence-electron chi connectivity index (χ3n) is 1.87. The predicted octanol–water partition coefficient (Wildman–Crippen LogP) is 2.44. The zero-order valence-electron chi connectivity index (χ0n) is 9.81. The second-order valence-electron chi connectivity index (χ2n) is 4.68. The van der Waals surface area contributed by atoms with Crippen molar-refractivity contribution < 1.29 is 4.74 Å². The van der Waals surface area contributed by atoms with Crippen LogP contribution in [-0.2, 0) is 4.74 Å². The third-order valence-corrected chi connectivity index (χ3v) is 1.87. The molecule has 80 valence electrons. The van der Waals surface area contributed by atoms with Gasteiger partial charge in [-0.2, -0.15) is 0 Å². The van der Waals surface area contributed by atoms with E-state index < -0.39 is 0 Å². The van der Waals surface area contributed by atoms with Crippen LogP contribution in [0, 0.1) is 5.41 Å². The quantitative estimate of drug-likeness (QED) is 0.689. The number of nitrogens with one attached hydrogen (secondary N) is 1. The first kappa shape index (κ1) is 12.9. The molecule has 13 heavy (non-hydrogen) atoms. The van der Waals surface area contributed by atoms with Gasteiger partial charge in [0.2, 0.25) is 0 Å². The summed E-state index contributed by atoms with van der Waals surface area (Å²) in [6, 6.07) is 0.505. The van der Waals surface area contributed by atoms with E-state index in [4.69, 9.17) is 4.74 Å². The minimum atomic E-state index is 0.379. The van der Waals surface area contributed by atoms with Gasteiger partial charge in [0, 0.05) is 12.6 Å². The van der Waals surface area contributed by atoms with E-state index in [9.17, 15) is 0 Å². The van der Waals surface area contributed by atoms with Crippen molar-refractivity contribution in [3.05, 3.63) is 0 Å². The average Bonchev–Trinajstić information content (AvgIpc) is 1.98. The van der Waals surface area contributed by atoms with Crippen LogP contribution in [0.25, 0.3) is 0 Å². The van der Waals surface area contributed by atoms with Crippen LogP contribution < -0.4 is 5.32 Å². The van der Waals surface area contributed by atoms with Crippen LogP contribution in [0.5, 0.6) is 0 Å². The number of hydrogen-bond acceptors (Lipinski definition) is 2. The lowest BCUT2D eigenvalue weighted by Crippen LogP contribution is -2.36. The highest BCUT2D eigenvalue weighted by atomic mass is 16.5. The topological polar surface area (TPSA) is 21.3 Å². The Morgan fingerprint density at radius 1 is 1.23 bits per heavy atom. The summed E-state index contributed by atoms with van der Waals surface area (Å²) in [5, 5.41) is 3.45. The summed E-state index contributed by atoms with van der Waals surface area (Å²) in [5.41, 5.74) is 0.379. The number of ether oxygens (including phenoxy) is 1. The zero-order valence-corrected chi connectivity index (χ0v) is 9.81. The fourth-order valence-electron chi connectivity index (χ4n) is 1.48. The Kier molecular flexibility index (Phi) is 6.35. The summed E-state index contributed by atoms with van der Waals surface area (Å²) in [6.07, 6.45) is 1.17. The van der Waals surface area contributed by atoms with Gasteiger partial charge in [-0.15, -0.1) is 0 Å². The molecule has 0 saturated carbocycles. The summed E-state index contributed by atoms with van der Waals surface area (Å²) in [7, 11) is 0. The van der Waals surface area contributed by atoms with Crippen LogP contribution in [0.2, 0.25) is 0 Å². The van der Waals surface area contributed by atoms with Gasteiger partial charge in [0.15, 0.2) is 0 Å². The van der Waals surface area contributed by atoms with E-state index in [1.54, 1.807) is 0 Å². The Hall–Kier alpha value is -0.0800. The molecule has 0 fully saturated rings. The number of hydrogen-bond donors (Lipinski definition) is 1. The van der Waals surface area contributed by atoms with Crippen molar-refractivity contribution in [1.29, 1.82) is 0 Å². The van der Waals surface area contributed by atoms with Crippen LogP contribution in [0.1, 0.15) is 41.0 Å². The van der Waals surface area contributed by atoms with Crippen LogP contribution >= 0.6 is 0 Å². The first-order valence-electron chi connectivity index (χ1n) is 5.30. The van der Waals surface area contributed by atoms with Gasteiger partial charge < -0.3 is 10.1 Å². The molecular weight excluding hydrogens is 162 g/mol. The molecule has 0 heterocycles. The second-order valence-corrected chi connectivity index (χ2v) is 4.68. The van der Waals surface area contributed by atoms with Crippen molar-refractivity contribution in [3.8, 4) is 0 Å². The summed E-state index contributed by atoms with van der Waals surface area (Å²) in [5.74, 6) is 0. The molecule has 0 amide bonds. The molecule has 1 atom stereocenters. The molecular formula is C11H25NO. The molecule has 0 aliphatic heterocycles. The fourth-order valence-corrected chi connectivity index (χ4v) is 1.48.